The monoisotopic (exact) mass is 574 g/mol. The second kappa shape index (κ2) is 13.5. The number of hydrogen-bond donors (Lipinski definition) is 3. The molecule has 3 N–H and O–H groups in total. The third kappa shape index (κ3) is 7.00. The molecule has 0 amide bonds. The van der Waals surface area contributed by atoms with E-state index in [0.29, 0.717) is 39.1 Å². The molecule has 1 fully saturated rings. The maximum absolute atomic E-state index is 14.6. The molecule has 4 aromatic rings. The Hall–Kier alpha value is -4.78. The minimum absolute atomic E-state index is 0.326. The number of H-pyrrole nitrogens is 1. The van der Waals surface area contributed by atoms with Crippen LogP contribution in [-0.4, -0.2) is 27.0 Å². The van der Waals surface area contributed by atoms with Gasteiger partial charge in [0.15, 0.2) is 0 Å². The molecule has 0 aliphatic heterocycles. The predicted octanol–water partition coefficient (Wildman–Crippen LogP) is 8.83. The molecule has 220 valence electrons. The van der Waals surface area contributed by atoms with Gasteiger partial charge in [0.25, 0.3) is 0 Å². The zero-order valence-corrected chi connectivity index (χ0v) is 25.0. The van der Waals surface area contributed by atoms with Gasteiger partial charge in [0.1, 0.15) is 17.2 Å². The van der Waals surface area contributed by atoms with Gasteiger partial charge in [-0.05, 0) is 48.6 Å². The first-order valence-corrected chi connectivity index (χ1v) is 14.8. The summed E-state index contributed by atoms with van der Waals surface area (Å²) in [4.78, 5) is 16.8. The van der Waals surface area contributed by atoms with Crippen molar-refractivity contribution in [2.75, 3.05) is 12.4 Å². The largest absolute Gasteiger partial charge is 0.388 e. The summed E-state index contributed by atoms with van der Waals surface area (Å²) < 4.78 is 14.6. The van der Waals surface area contributed by atoms with Crippen molar-refractivity contribution < 1.29 is 4.39 Å². The number of likely N-dealkylation sites (N-methyl/N-ethyl adjacent to an activating group) is 1. The standard InChI is InChI=1S/C36H39FN6/c1-23(28-18-29(20-39-19-28)41-24(2)17-27-11-7-6-8-12-27)15-16-33(38-5)25(3)26(4)36-42-34-22-40-21-31(35(34)43-36)30-13-9-10-14-32(30)37/h9-10,13-16,18-22,27,38,41H,2-4,6-8,11-12,17H2,1,5H3,(H,42,43)/b23-15+,33-16+. The number of benzene rings is 1. The molecule has 0 radical (unpaired) electrons. The molecule has 1 aromatic carbocycles. The molecule has 43 heavy (non-hydrogen) atoms. The number of aromatic nitrogens is 4. The fourth-order valence-corrected chi connectivity index (χ4v) is 5.62. The lowest BCUT2D eigenvalue weighted by Crippen LogP contribution is -2.10. The average Bonchev–Trinajstić information content (AvgIpc) is 3.46. The van der Waals surface area contributed by atoms with Gasteiger partial charge in [0.2, 0.25) is 0 Å². The first-order valence-electron chi connectivity index (χ1n) is 14.8. The molecule has 0 unspecified atom stereocenters. The molecule has 0 atom stereocenters. The Morgan fingerprint density at radius 2 is 1.77 bits per heavy atom. The lowest BCUT2D eigenvalue weighted by Gasteiger charge is -2.23. The number of fused-ring (bicyclic) bond motifs is 1. The van der Waals surface area contributed by atoms with Gasteiger partial charge >= 0.3 is 0 Å². The third-order valence-electron chi connectivity index (χ3n) is 8.08. The molecule has 1 aliphatic rings. The van der Waals surface area contributed by atoms with Gasteiger partial charge < -0.3 is 15.6 Å². The Balaban J connectivity index is 1.31. The predicted molar refractivity (Wildman–Crippen MR) is 176 cm³/mol. The van der Waals surface area contributed by atoms with E-state index in [2.05, 4.69) is 58.3 Å². The number of halogens is 1. The molecular formula is C36H39FN6. The molecule has 0 bridgehead atoms. The number of anilines is 1. The number of nitrogens with zero attached hydrogens (tertiary/aromatic N) is 3. The van der Waals surface area contributed by atoms with Crippen LogP contribution in [0.2, 0.25) is 0 Å². The van der Waals surface area contributed by atoms with E-state index in [0.717, 1.165) is 40.6 Å². The van der Waals surface area contributed by atoms with Crippen LogP contribution in [0.5, 0.6) is 0 Å². The Labute approximate surface area is 253 Å². The first-order chi connectivity index (χ1) is 20.8. The van der Waals surface area contributed by atoms with Gasteiger partial charge in [-0.2, -0.15) is 0 Å². The van der Waals surface area contributed by atoms with Crippen LogP contribution in [0.3, 0.4) is 0 Å². The molecule has 1 saturated carbocycles. The van der Waals surface area contributed by atoms with Crippen molar-refractivity contribution in [1.82, 2.24) is 25.3 Å². The van der Waals surface area contributed by atoms with Crippen LogP contribution < -0.4 is 10.6 Å². The molecule has 0 spiro atoms. The Kier molecular flexibility index (Phi) is 9.30. The third-order valence-corrected chi connectivity index (χ3v) is 8.08. The fraction of sp³-hybridized carbons (Fsp3) is 0.250. The van der Waals surface area contributed by atoms with Crippen LogP contribution >= 0.6 is 0 Å². The van der Waals surface area contributed by atoms with E-state index < -0.39 is 0 Å². The molecule has 1 aliphatic carbocycles. The second-order valence-electron chi connectivity index (χ2n) is 11.2. The summed E-state index contributed by atoms with van der Waals surface area (Å²) in [6, 6.07) is 8.71. The lowest BCUT2D eigenvalue weighted by atomic mass is 9.86. The van der Waals surface area contributed by atoms with Crippen LogP contribution in [0.1, 0.15) is 56.8 Å². The highest BCUT2D eigenvalue weighted by Gasteiger charge is 2.17. The summed E-state index contributed by atoms with van der Waals surface area (Å²) in [5.74, 6) is 0.946. The zero-order chi connectivity index (χ0) is 30.3. The maximum atomic E-state index is 14.6. The van der Waals surface area contributed by atoms with E-state index >= 15 is 0 Å². The minimum Gasteiger partial charge on any atom is -0.388 e. The summed E-state index contributed by atoms with van der Waals surface area (Å²) in [5.41, 5.74) is 8.50. The van der Waals surface area contributed by atoms with Gasteiger partial charge in [-0.3, -0.25) is 9.97 Å². The van der Waals surface area contributed by atoms with Crippen molar-refractivity contribution in [1.29, 1.82) is 0 Å². The first kappa shape index (κ1) is 29.7. The number of aromatic amines is 1. The smallest absolute Gasteiger partial charge is 0.138 e. The van der Waals surface area contributed by atoms with Crippen molar-refractivity contribution in [2.24, 2.45) is 5.92 Å². The molecule has 3 aromatic heterocycles. The van der Waals surface area contributed by atoms with Crippen LogP contribution in [0.4, 0.5) is 10.1 Å². The van der Waals surface area contributed by atoms with Crippen molar-refractivity contribution in [2.45, 2.75) is 45.4 Å². The van der Waals surface area contributed by atoms with Crippen LogP contribution in [0.25, 0.3) is 33.3 Å². The van der Waals surface area contributed by atoms with Gasteiger partial charge in [-0.15, -0.1) is 0 Å². The maximum Gasteiger partial charge on any atom is 0.138 e. The number of pyridine rings is 2. The Morgan fingerprint density at radius 1 is 1.00 bits per heavy atom. The normalized spacial score (nSPS) is 14.5. The molecule has 5 rings (SSSR count). The second-order valence-corrected chi connectivity index (χ2v) is 11.2. The highest BCUT2D eigenvalue weighted by Crippen LogP contribution is 2.32. The van der Waals surface area contributed by atoms with E-state index in [-0.39, 0.29) is 5.82 Å². The molecule has 0 saturated heterocycles. The van der Waals surface area contributed by atoms with Gasteiger partial charge in [-0.1, -0.05) is 76.1 Å². The number of nitrogens with one attached hydrogen (secondary N) is 3. The minimum atomic E-state index is -0.326. The molecule has 6 nitrogen and oxygen atoms in total. The van der Waals surface area contributed by atoms with Crippen molar-refractivity contribution in [3.63, 3.8) is 0 Å². The van der Waals surface area contributed by atoms with Crippen molar-refractivity contribution in [3.8, 4) is 11.1 Å². The SMILES string of the molecule is C=C(CC1CCCCC1)Nc1cncc(/C(C)=C/C=C(/NC)C(=C)C(=C)c2nc3c(-c4ccccc4F)cncc3[nH]2)c1. The summed E-state index contributed by atoms with van der Waals surface area (Å²) in [5, 5.41) is 6.69. The van der Waals surface area contributed by atoms with Crippen LogP contribution in [0, 0.1) is 11.7 Å². The van der Waals surface area contributed by atoms with E-state index in [1.807, 2.05) is 31.6 Å². The van der Waals surface area contributed by atoms with E-state index in [1.165, 1.54) is 38.2 Å². The van der Waals surface area contributed by atoms with Crippen molar-refractivity contribution in [3.05, 3.63) is 121 Å². The van der Waals surface area contributed by atoms with Crippen molar-refractivity contribution >= 4 is 27.9 Å². The van der Waals surface area contributed by atoms with Gasteiger partial charge in [0.05, 0.1) is 23.6 Å². The average molecular weight is 575 g/mol. The zero-order valence-electron chi connectivity index (χ0n) is 25.0. The van der Waals surface area contributed by atoms with E-state index in [9.17, 15) is 4.39 Å². The summed E-state index contributed by atoms with van der Waals surface area (Å²) in [6.07, 6.45) is 18.6. The summed E-state index contributed by atoms with van der Waals surface area (Å²) >= 11 is 0. The van der Waals surface area contributed by atoms with Gasteiger partial charge in [0, 0.05) is 53.1 Å². The number of allylic oxidation sites excluding steroid dienone is 5. The van der Waals surface area contributed by atoms with Crippen LogP contribution in [0.15, 0.2) is 104 Å². The molecule has 7 heteroatoms. The fourth-order valence-electron chi connectivity index (χ4n) is 5.62. The quantitative estimate of drug-likeness (QED) is 0.156. The highest BCUT2D eigenvalue weighted by molar-refractivity contribution is 5.93. The van der Waals surface area contributed by atoms with Crippen LogP contribution in [-0.2, 0) is 0 Å². The Bertz CT molecular complexity index is 1720. The number of hydrogen-bond acceptors (Lipinski definition) is 5. The lowest BCUT2D eigenvalue weighted by molar-refractivity contribution is 0.357. The molecular weight excluding hydrogens is 535 g/mol. The Morgan fingerprint density at radius 3 is 2.53 bits per heavy atom. The van der Waals surface area contributed by atoms with E-state index in [1.54, 1.807) is 30.6 Å². The van der Waals surface area contributed by atoms with E-state index in [4.69, 9.17) is 4.98 Å². The van der Waals surface area contributed by atoms with Gasteiger partial charge in [-0.25, -0.2) is 9.37 Å². The topological polar surface area (TPSA) is 78.5 Å². The molecule has 3 heterocycles. The summed E-state index contributed by atoms with van der Waals surface area (Å²) in [6.45, 7) is 14.9. The number of imidazole rings is 1. The number of rotatable bonds is 11. The summed E-state index contributed by atoms with van der Waals surface area (Å²) in [7, 11) is 1.84. The highest BCUT2D eigenvalue weighted by atomic mass is 19.1.